The van der Waals surface area contributed by atoms with E-state index in [1.54, 1.807) is 30.3 Å². The van der Waals surface area contributed by atoms with Crippen molar-refractivity contribution < 1.29 is 14.3 Å². The van der Waals surface area contributed by atoms with Gasteiger partial charge in [0.1, 0.15) is 6.61 Å². The van der Waals surface area contributed by atoms with E-state index in [4.69, 9.17) is 21.1 Å². The molecule has 0 aliphatic rings. The third-order valence-corrected chi connectivity index (χ3v) is 5.87. The number of halogens is 1. The Hall–Kier alpha value is -4.29. The Kier molecular flexibility index (Phi) is 8.44. The van der Waals surface area contributed by atoms with Crippen molar-refractivity contribution in [1.82, 2.24) is 9.99 Å². The zero-order valence-corrected chi connectivity index (χ0v) is 21.5. The van der Waals surface area contributed by atoms with Crippen LogP contribution in [-0.2, 0) is 0 Å². The minimum atomic E-state index is -0.322. The third kappa shape index (κ3) is 6.11. The van der Waals surface area contributed by atoms with Crippen LogP contribution in [0.2, 0.25) is 5.02 Å². The summed E-state index contributed by atoms with van der Waals surface area (Å²) in [6, 6.07) is 25.2. The van der Waals surface area contributed by atoms with E-state index in [0.29, 0.717) is 40.9 Å². The summed E-state index contributed by atoms with van der Waals surface area (Å²) in [7, 11) is 0. The predicted octanol–water partition coefficient (Wildman–Crippen LogP) is 6.83. The molecule has 1 N–H and O–H groups in total. The molecule has 0 saturated carbocycles. The summed E-state index contributed by atoms with van der Waals surface area (Å²) in [5.74, 6) is 0.616. The SMILES string of the molecule is C=CCOc1c(Cl)cc(/C=N/NC(=O)c2ccc(-n3c(C)ccc3-c3ccccc3)cc2)cc1OCC. The zero-order chi connectivity index (χ0) is 26.2. The standard InChI is InChI=1S/C30H28ClN3O3/c1-4-17-37-29-26(31)18-22(19-28(29)36-5-2)20-32-33-30(35)24-12-14-25(15-13-24)34-21(3)11-16-27(34)23-9-7-6-8-10-23/h4,6-16,18-20H,1,5,17H2,2-3H3,(H,33,35)/b32-20+. The average Bonchev–Trinajstić information content (AvgIpc) is 3.30. The number of nitrogens with one attached hydrogen (secondary N) is 1. The number of hydrogen-bond acceptors (Lipinski definition) is 4. The monoisotopic (exact) mass is 513 g/mol. The van der Waals surface area contributed by atoms with Gasteiger partial charge in [-0.2, -0.15) is 5.10 Å². The van der Waals surface area contributed by atoms with Gasteiger partial charge in [-0.3, -0.25) is 4.79 Å². The Morgan fingerprint density at radius 2 is 1.81 bits per heavy atom. The Labute approximate surface area is 221 Å². The molecule has 0 bridgehead atoms. The first-order valence-electron chi connectivity index (χ1n) is 11.9. The summed E-state index contributed by atoms with van der Waals surface area (Å²) in [5.41, 5.74) is 8.01. The highest BCUT2D eigenvalue weighted by Crippen LogP contribution is 2.36. The van der Waals surface area contributed by atoms with E-state index in [0.717, 1.165) is 22.6 Å². The molecule has 0 aliphatic heterocycles. The van der Waals surface area contributed by atoms with Crippen molar-refractivity contribution in [3.05, 3.63) is 113 Å². The molecular formula is C30H28ClN3O3. The largest absolute Gasteiger partial charge is 0.490 e. The summed E-state index contributed by atoms with van der Waals surface area (Å²) < 4.78 is 13.4. The molecule has 0 aliphatic carbocycles. The van der Waals surface area contributed by atoms with Gasteiger partial charge in [-0.1, -0.05) is 54.6 Å². The number of ether oxygens (including phenoxy) is 2. The number of carbonyl (C=O) groups excluding carboxylic acids is 1. The van der Waals surface area contributed by atoms with Crippen LogP contribution in [-0.4, -0.2) is 29.9 Å². The first-order valence-corrected chi connectivity index (χ1v) is 12.3. The smallest absolute Gasteiger partial charge is 0.271 e. The van der Waals surface area contributed by atoms with E-state index in [9.17, 15) is 4.79 Å². The fourth-order valence-corrected chi connectivity index (χ4v) is 4.19. The molecule has 1 heterocycles. The normalized spacial score (nSPS) is 10.9. The summed E-state index contributed by atoms with van der Waals surface area (Å²) >= 11 is 6.37. The molecule has 0 spiro atoms. The van der Waals surface area contributed by atoms with Crippen LogP contribution in [0.5, 0.6) is 11.5 Å². The maximum absolute atomic E-state index is 12.7. The number of amides is 1. The van der Waals surface area contributed by atoms with Crippen molar-refractivity contribution in [1.29, 1.82) is 0 Å². The summed E-state index contributed by atoms with van der Waals surface area (Å²) in [6.45, 7) is 8.33. The van der Waals surface area contributed by atoms with Crippen LogP contribution in [0.3, 0.4) is 0 Å². The Balaban J connectivity index is 1.47. The molecule has 7 heteroatoms. The van der Waals surface area contributed by atoms with Crippen molar-refractivity contribution in [2.45, 2.75) is 13.8 Å². The highest BCUT2D eigenvalue weighted by atomic mass is 35.5. The fourth-order valence-electron chi connectivity index (χ4n) is 3.92. The van der Waals surface area contributed by atoms with Crippen LogP contribution < -0.4 is 14.9 Å². The highest BCUT2D eigenvalue weighted by molar-refractivity contribution is 6.32. The molecule has 0 fully saturated rings. The van der Waals surface area contributed by atoms with E-state index in [1.165, 1.54) is 6.21 Å². The summed E-state index contributed by atoms with van der Waals surface area (Å²) in [5, 5.41) is 4.47. The van der Waals surface area contributed by atoms with Crippen LogP contribution >= 0.6 is 11.6 Å². The predicted molar refractivity (Wildman–Crippen MR) is 149 cm³/mol. The molecule has 1 amide bonds. The van der Waals surface area contributed by atoms with Crippen molar-refractivity contribution in [3.63, 3.8) is 0 Å². The molecule has 3 aromatic carbocycles. The molecule has 0 unspecified atom stereocenters. The second-order valence-corrected chi connectivity index (χ2v) is 8.58. The lowest BCUT2D eigenvalue weighted by atomic mass is 10.1. The van der Waals surface area contributed by atoms with Crippen LogP contribution in [0.25, 0.3) is 16.9 Å². The molecule has 0 radical (unpaired) electrons. The van der Waals surface area contributed by atoms with Crippen molar-refractivity contribution in [2.24, 2.45) is 5.10 Å². The minimum absolute atomic E-state index is 0.305. The van der Waals surface area contributed by atoms with Crippen molar-refractivity contribution in [3.8, 4) is 28.4 Å². The second kappa shape index (κ2) is 12.1. The topological polar surface area (TPSA) is 64.8 Å². The maximum Gasteiger partial charge on any atom is 0.271 e. The van der Waals surface area contributed by atoms with E-state index in [1.807, 2.05) is 37.3 Å². The van der Waals surface area contributed by atoms with E-state index >= 15 is 0 Å². The van der Waals surface area contributed by atoms with Crippen molar-refractivity contribution in [2.75, 3.05) is 13.2 Å². The molecule has 6 nitrogen and oxygen atoms in total. The Bertz CT molecular complexity index is 1410. The highest BCUT2D eigenvalue weighted by Gasteiger charge is 2.13. The lowest BCUT2D eigenvalue weighted by Crippen LogP contribution is -2.17. The van der Waals surface area contributed by atoms with Crippen LogP contribution in [0, 0.1) is 6.92 Å². The molecule has 1 aromatic heterocycles. The van der Waals surface area contributed by atoms with Gasteiger partial charge >= 0.3 is 0 Å². The molecule has 37 heavy (non-hydrogen) atoms. The Morgan fingerprint density at radius 3 is 2.51 bits per heavy atom. The van der Waals surface area contributed by atoms with Gasteiger partial charge in [-0.25, -0.2) is 5.43 Å². The molecular weight excluding hydrogens is 486 g/mol. The number of hydrogen-bond donors (Lipinski definition) is 1. The molecule has 188 valence electrons. The number of aromatic nitrogens is 1. The number of rotatable bonds is 10. The van der Waals surface area contributed by atoms with Crippen LogP contribution in [0.1, 0.15) is 28.5 Å². The first-order chi connectivity index (χ1) is 18.0. The van der Waals surface area contributed by atoms with Gasteiger partial charge < -0.3 is 14.0 Å². The van der Waals surface area contributed by atoms with Gasteiger partial charge in [0.2, 0.25) is 0 Å². The lowest BCUT2D eigenvalue weighted by molar-refractivity contribution is 0.0955. The minimum Gasteiger partial charge on any atom is -0.490 e. The number of hydrazone groups is 1. The summed E-state index contributed by atoms with van der Waals surface area (Å²) in [6.07, 6.45) is 3.14. The number of aryl methyl sites for hydroxylation is 1. The molecule has 0 saturated heterocycles. The van der Waals surface area contributed by atoms with Gasteiger partial charge in [-0.05, 0) is 73.5 Å². The van der Waals surface area contributed by atoms with Gasteiger partial charge in [0.15, 0.2) is 11.5 Å². The quantitative estimate of drug-likeness (QED) is 0.143. The van der Waals surface area contributed by atoms with Gasteiger partial charge in [0, 0.05) is 16.9 Å². The van der Waals surface area contributed by atoms with Crippen LogP contribution in [0.4, 0.5) is 0 Å². The van der Waals surface area contributed by atoms with E-state index in [2.05, 4.69) is 52.9 Å². The molecule has 0 atom stereocenters. The average molecular weight is 514 g/mol. The number of benzene rings is 3. The van der Waals surface area contributed by atoms with E-state index < -0.39 is 0 Å². The Morgan fingerprint density at radius 1 is 1.05 bits per heavy atom. The van der Waals surface area contributed by atoms with Gasteiger partial charge in [-0.15, -0.1) is 0 Å². The zero-order valence-electron chi connectivity index (χ0n) is 20.8. The first kappa shape index (κ1) is 25.8. The van der Waals surface area contributed by atoms with Gasteiger partial charge in [0.05, 0.1) is 23.5 Å². The lowest BCUT2D eigenvalue weighted by Gasteiger charge is -2.13. The van der Waals surface area contributed by atoms with Gasteiger partial charge in [0.25, 0.3) is 5.91 Å². The third-order valence-electron chi connectivity index (χ3n) is 5.59. The second-order valence-electron chi connectivity index (χ2n) is 8.17. The number of carbonyl (C=O) groups is 1. The fraction of sp³-hybridized carbons (Fsp3) is 0.133. The maximum atomic E-state index is 12.7. The number of nitrogens with zero attached hydrogens (tertiary/aromatic N) is 2. The summed E-state index contributed by atoms with van der Waals surface area (Å²) in [4.78, 5) is 12.7. The molecule has 4 rings (SSSR count). The van der Waals surface area contributed by atoms with E-state index in [-0.39, 0.29) is 5.91 Å². The van der Waals surface area contributed by atoms with Crippen LogP contribution in [0.15, 0.2) is 96.6 Å². The van der Waals surface area contributed by atoms with Crippen molar-refractivity contribution >= 4 is 23.7 Å². The molecule has 4 aromatic rings.